The van der Waals surface area contributed by atoms with Crippen LogP contribution in [0.5, 0.6) is 0 Å². The largest absolute Gasteiger partial charge is 0.456 e. The van der Waals surface area contributed by atoms with Crippen LogP contribution in [0.1, 0.15) is 29.0 Å². The van der Waals surface area contributed by atoms with Crippen LogP contribution in [0.25, 0.3) is 113 Å². The van der Waals surface area contributed by atoms with Crippen LogP contribution in [0.2, 0.25) is 0 Å². The molecule has 1 aliphatic carbocycles. The highest BCUT2D eigenvalue weighted by Gasteiger charge is 2.26. The van der Waals surface area contributed by atoms with Gasteiger partial charge in [0.15, 0.2) is 34.9 Å². The van der Waals surface area contributed by atoms with E-state index in [9.17, 15) is 0 Å². The SMILES string of the molecule is c1ccc(-c2nc(-c3ccccc3)nc(-c3cccc(C4CCc5ccccc5-c5cc(-c6ccc7oc8cccc(-c9nc(-c%10ccccc%10)nc(-c%10ccccc%10)n9)c8c7c6)ccc54)c3)n2)cc1. The maximum Gasteiger partial charge on any atom is 0.164 e. The average Bonchev–Trinajstić information content (AvgIpc) is 3.74. The van der Waals surface area contributed by atoms with E-state index < -0.39 is 0 Å². The molecule has 3 aromatic heterocycles. The van der Waals surface area contributed by atoms with Crippen molar-refractivity contribution in [2.24, 2.45) is 0 Å². The van der Waals surface area contributed by atoms with Crippen LogP contribution >= 0.6 is 0 Å². The van der Waals surface area contributed by atoms with E-state index in [-0.39, 0.29) is 5.92 Å². The molecule has 3 heterocycles. The maximum absolute atomic E-state index is 6.57. The summed E-state index contributed by atoms with van der Waals surface area (Å²) in [5.74, 6) is 3.90. The van der Waals surface area contributed by atoms with Crippen LogP contribution in [-0.2, 0) is 6.42 Å². The van der Waals surface area contributed by atoms with E-state index in [4.69, 9.17) is 34.3 Å². The third kappa shape index (κ3) is 7.60. The Morgan fingerprint density at radius 2 is 0.814 bits per heavy atom. The Kier molecular flexibility index (Phi) is 10.2. The lowest BCUT2D eigenvalue weighted by atomic mass is 9.84. The first-order valence-corrected chi connectivity index (χ1v) is 23.7. The molecule has 12 aromatic rings. The van der Waals surface area contributed by atoms with E-state index >= 15 is 0 Å². The summed E-state index contributed by atoms with van der Waals surface area (Å²) in [7, 11) is 0. The Bertz CT molecular complexity index is 3780. The van der Waals surface area contributed by atoms with Gasteiger partial charge in [-0.05, 0) is 82.1 Å². The molecule has 0 aliphatic heterocycles. The van der Waals surface area contributed by atoms with Gasteiger partial charge in [0, 0.05) is 50.1 Å². The first-order valence-electron chi connectivity index (χ1n) is 23.7. The summed E-state index contributed by atoms with van der Waals surface area (Å²) in [6.45, 7) is 0. The lowest BCUT2D eigenvalue weighted by Gasteiger charge is -2.20. The van der Waals surface area contributed by atoms with Crippen molar-refractivity contribution in [3.63, 3.8) is 0 Å². The number of fused-ring (bicyclic) bond motifs is 6. The second-order valence-electron chi connectivity index (χ2n) is 17.7. The number of aryl methyl sites for hydroxylation is 1. The van der Waals surface area contributed by atoms with E-state index in [0.717, 1.165) is 79.3 Å². The Morgan fingerprint density at radius 1 is 0.329 bits per heavy atom. The van der Waals surface area contributed by atoms with E-state index in [1.54, 1.807) is 0 Å². The van der Waals surface area contributed by atoms with E-state index in [0.29, 0.717) is 34.9 Å². The molecule has 0 saturated heterocycles. The molecule has 0 spiro atoms. The first-order chi connectivity index (χ1) is 34.7. The predicted octanol–water partition coefficient (Wildman–Crippen LogP) is 15.4. The van der Waals surface area contributed by atoms with Crippen LogP contribution < -0.4 is 0 Å². The minimum Gasteiger partial charge on any atom is -0.456 e. The predicted molar refractivity (Wildman–Crippen MR) is 281 cm³/mol. The van der Waals surface area contributed by atoms with Crippen molar-refractivity contribution in [2.75, 3.05) is 0 Å². The van der Waals surface area contributed by atoms with E-state index in [1.165, 1.54) is 27.8 Å². The van der Waals surface area contributed by atoms with E-state index in [1.807, 2.05) is 133 Å². The van der Waals surface area contributed by atoms with Gasteiger partial charge in [0.05, 0.1) is 0 Å². The summed E-state index contributed by atoms with van der Waals surface area (Å²) in [4.78, 5) is 30.3. The normalized spacial score (nSPS) is 13.2. The van der Waals surface area contributed by atoms with Crippen LogP contribution in [0.15, 0.2) is 229 Å². The highest BCUT2D eigenvalue weighted by atomic mass is 16.3. The van der Waals surface area contributed by atoms with Gasteiger partial charge in [-0.25, -0.2) is 29.9 Å². The maximum atomic E-state index is 6.57. The fraction of sp³-hybridized carbons (Fsp3) is 0.0476. The van der Waals surface area contributed by atoms with Crippen LogP contribution in [0, 0.1) is 0 Å². The van der Waals surface area contributed by atoms with Gasteiger partial charge >= 0.3 is 0 Å². The minimum atomic E-state index is 0.130. The number of hydrogen-bond donors (Lipinski definition) is 0. The van der Waals surface area contributed by atoms with Gasteiger partial charge in [0.25, 0.3) is 0 Å². The molecular formula is C63H42N6O. The van der Waals surface area contributed by atoms with Gasteiger partial charge in [-0.15, -0.1) is 0 Å². The van der Waals surface area contributed by atoms with Crippen LogP contribution in [0.3, 0.4) is 0 Å². The molecule has 7 nitrogen and oxygen atoms in total. The molecule has 1 aliphatic rings. The van der Waals surface area contributed by atoms with E-state index in [2.05, 4.69) is 91.0 Å². The molecule has 13 rings (SSSR count). The molecule has 0 fully saturated rings. The first kappa shape index (κ1) is 41.0. The summed E-state index contributed by atoms with van der Waals surface area (Å²) in [5.41, 5.74) is 15.8. The molecule has 7 heteroatoms. The quantitative estimate of drug-likeness (QED) is 0.150. The molecule has 1 unspecified atom stereocenters. The third-order valence-corrected chi connectivity index (χ3v) is 13.5. The second-order valence-corrected chi connectivity index (χ2v) is 17.7. The fourth-order valence-corrected chi connectivity index (χ4v) is 10.0. The molecular weight excluding hydrogens is 857 g/mol. The summed E-state index contributed by atoms with van der Waals surface area (Å²) in [6.07, 6.45) is 1.90. The monoisotopic (exact) mass is 898 g/mol. The zero-order valence-corrected chi connectivity index (χ0v) is 37.9. The highest BCUT2D eigenvalue weighted by molar-refractivity contribution is 6.13. The van der Waals surface area contributed by atoms with Gasteiger partial charge in [-0.2, -0.15) is 0 Å². The molecule has 0 radical (unpaired) electrons. The number of aromatic nitrogens is 6. The average molecular weight is 899 g/mol. The van der Waals surface area contributed by atoms with Crippen molar-refractivity contribution in [2.45, 2.75) is 18.8 Å². The summed E-state index contributed by atoms with van der Waals surface area (Å²) in [6, 6.07) is 77.8. The Morgan fingerprint density at radius 3 is 1.43 bits per heavy atom. The summed E-state index contributed by atoms with van der Waals surface area (Å²) in [5, 5.41) is 1.97. The number of nitrogens with zero attached hydrogens (tertiary/aromatic N) is 6. The molecule has 1 atom stereocenters. The Hall–Kier alpha value is -9.20. The van der Waals surface area contributed by atoms with Crippen molar-refractivity contribution in [1.82, 2.24) is 29.9 Å². The lowest BCUT2D eigenvalue weighted by molar-refractivity contribution is 0.669. The lowest BCUT2D eigenvalue weighted by Crippen LogP contribution is -2.04. The standard InChI is InChI=1S/C63H42N6O/c1-5-18-41(19-6-1)58-64-59(42-20-7-2-8-21-42)67-62(66-58)48-27-15-26-47(37-48)50-34-31-40-17-13-14-28-49(40)53-38-45(32-35-51(50)53)46-33-36-55-54(39-46)57-52(29-16-30-56(57)70-55)63-68-60(43-22-9-3-10-23-43)65-61(69-63)44-24-11-4-12-25-44/h1-30,32-33,35-39,50H,31,34H2. The Labute approximate surface area is 405 Å². The second kappa shape index (κ2) is 17.5. The molecule has 0 amide bonds. The third-order valence-electron chi connectivity index (χ3n) is 13.5. The topological polar surface area (TPSA) is 90.5 Å². The van der Waals surface area contributed by atoms with Crippen molar-refractivity contribution in [3.05, 3.63) is 241 Å². The fourth-order valence-electron chi connectivity index (χ4n) is 10.0. The number of rotatable bonds is 8. The number of hydrogen-bond acceptors (Lipinski definition) is 7. The molecule has 70 heavy (non-hydrogen) atoms. The van der Waals surface area contributed by atoms with Crippen molar-refractivity contribution in [1.29, 1.82) is 0 Å². The molecule has 330 valence electrons. The molecule has 0 bridgehead atoms. The Balaban J connectivity index is 0.916. The molecule has 0 saturated carbocycles. The van der Waals surface area contributed by atoms with Gasteiger partial charge in [-0.1, -0.05) is 194 Å². The van der Waals surface area contributed by atoms with Gasteiger partial charge in [0.1, 0.15) is 11.2 Å². The van der Waals surface area contributed by atoms with Crippen molar-refractivity contribution >= 4 is 21.9 Å². The van der Waals surface area contributed by atoms with Gasteiger partial charge < -0.3 is 4.42 Å². The highest BCUT2D eigenvalue weighted by Crippen LogP contribution is 2.45. The van der Waals surface area contributed by atoms with Gasteiger partial charge in [-0.3, -0.25) is 0 Å². The van der Waals surface area contributed by atoms with Crippen LogP contribution in [0.4, 0.5) is 0 Å². The zero-order valence-electron chi connectivity index (χ0n) is 37.9. The smallest absolute Gasteiger partial charge is 0.164 e. The zero-order chi connectivity index (χ0) is 46.4. The summed E-state index contributed by atoms with van der Waals surface area (Å²) < 4.78 is 6.57. The number of furan rings is 1. The van der Waals surface area contributed by atoms with Crippen molar-refractivity contribution in [3.8, 4) is 90.6 Å². The van der Waals surface area contributed by atoms with Crippen LogP contribution in [-0.4, -0.2) is 29.9 Å². The minimum absolute atomic E-state index is 0.130. The summed E-state index contributed by atoms with van der Waals surface area (Å²) >= 11 is 0. The van der Waals surface area contributed by atoms with Crippen molar-refractivity contribution < 1.29 is 4.42 Å². The molecule has 0 N–H and O–H groups in total. The van der Waals surface area contributed by atoms with Gasteiger partial charge in [0.2, 0.25) is 0 Å². The number of benzene rings is 9. The molecule has 9 aromatic carbocycles.